The van der Waals surface area contributed by atoms with Crippen LogP contribution in [0.3, 0.4) is 0 Å². The third-order valence-electron chi connectivity index (χ3n) is 4.71. The van der Waals surface area contributed by atoms with Gasteiger partial charge in [-0.1, -0.05) is 6.92 Å². The molecule has 0 unspecified atom stereocenters. The van der Waals surface area contributed by atoms with E-state index in [1.54, 1.807) is 25.3 Å². The lowest BCUT2D eigenvalue weighted by Gasteiger charge is -2.17. The van der Waals surface area contributed by atoms with E-state index >= 15 is 0 Å². The number of aromatic nitrogens is 2. The summed E-state index contributed by atoms with van der Waals surface area (Å²) in [5, 5.41) is 5.69. The molecule has 1 aromatic heterocycles. The first-order valence-corrected chi connectivity index (χ1v) is 9.50. The van der Waals surface area contributed by atoms with Crippen molar-refractivity contribution in [3.05, 3.63) is 35.4 Å². The van der Waals surface area contributed by atoms with E-state index in [0.29, 0.717) is 36.0 Å². The molecule has 0 fully saturated rings. The number of hydrogen-bond donors (Lipinski definition) is 2. The molecule has 1 aromatic carbocycles. The molecule has 2 aromatic rings. The molecular weight excluding hydrogens is 360 g/mol. The molecule has 0 atom stereocenters. The molecule has 0 radical (unpaired) electrons. The van der Waals surface area contributed by atoms with Crippen molar-refractivity contribution in [1.29, 1.82) is 0 Å². The molecule has 3 rings (SSSR count). The van der Waals surface area contributed by atoms with Gasteiger partial charge in [-0.25, -0.2) is 4.98 Å². The molecule has 150 valence electrons. The van der Waals surface area contributed by atoms with Crippen LogP contribution < -0.4 is 20.1 Å². The normalized spacial score (nSPS) is 12.8. The number of rotatable bonds is 7. The molecule has 8 nitrogen and oxygen atoms in total. The monoisotopic (exact) mass is 386 g/mol. The fourth-order valence-electron chi connectivity index (χ4n) is 3.32. The van der Waals surface area contributed by atoms with Crippen molar-refractivity contribution in [2.24, 2.45) is 0 Å². The van der Waals surface area contributed by atoms with Crippen LogP contribution in [-0.2, 0) is 13.0 Å². The average molecular weight is 386 g/mol. The Morgan fingerprint density at radius 3 is 2.64 bits per heavy atom. The lowest BCUT2D eigenvalue weighted by atomic mass is 10.1. The summed E-state index contributed by atoms with van der Waals surface area (Å²) in [5.74, 6) is 0.771. The van der Waals surface area contributed by atoms with E-state index in [1.165, 1.54) is 7.11 Å². The summed E-state index contributed by atoms with van der Waals surface area (Å²) in [6, 6.07) is 5.14. The number of nitrogens with zero attached hydrogens (tertiary/aromatic N) is 2. The number of carbonyl (C=O) groups excluding carboxylic acids is 2. The maximum absolute atomic E-state index is 12.9. The van der Waals surface area contributed by atoms with Crippen LogP contribution in [-0.4, -0.2) is 42.1 Å². The molecule has 2 N–H and O–H groups in total. The second-order valence-corrected chi connectivity index (χ2v) is 6.62. The van der Waals surface area contributed by atoms with Gasteiger partial charge in [0.1, 0.15) is 5.69 Å². The van der Waals surface area contributed by atoms with Gasteiger partial charge in [-0.15, -0.1) is 0 Å². The lowest BCUT2D eigenvalue weighted by Crippen LogP contribution is -2.26. The molecule has 1 aliphatic rings. The number of anilines is 1. The lowest BCUT2D eigenvalue weighted by molar-refractivity contribution is 0.0947. The summed E-state index contributed by atoms with van der Waals surface area (Å²) < 4.78 is 12.4. The molecule has 8 heteroatoms. The van der Waals surface area contributed by atoms with Gasteiger partial charge in [0, 0.05) is 24.8 Å². The quantitative estimate of drug-likeness (QED) is 0.763. The predicted octanol–water partition coefficient (Wildman–Crippen LogP) is 2.63. The highest BCUT2D eigenvalue weighted by Gasteiger charge is 2.27. The van der Waals surface area contributed by atoms with Crippen molar-refractivity contribution in [2.75, 3.05) is 26.1 Å². The van der Waals surface area contributed by atoms with Crippen molar-refractivity contribution in [3.8, 4) is 11.5 Å². The van der Waals surface area contributed by atoms with Gasteiger partial charge in [-0.3, -0.25) is 9.59 Å². The van der Waals surface area contributed by atoms with Crippen LogP contribution in [0.15, 0.2) is 18.2 Å². The van der Waals surface area contributed by atoms with Crippen LogP contribution in [0.4, 0.5) is 5.69 Å². The van der Waals surface area contributed by atoms with E-state index < -0.39 is 0 Å². The van der Waals surface area contributed by atoms with E-state index in [1.807, 2.05) is 11.5 Å². The van der Waals surface area contributed by atoms with E-state index in [2.05, 4.69) is 15.6 Å². The van der Waals surface area contributed by atoms with Crippen LogP contribution in [0.5, 0.6) is 11.5 Å². The molecule has 2 amide bonds. The molecule has 28 heavy (non-hydrogen) atoms. The van der Waals surface area contributed by atoms with E-state index in [4.69, 9.17) is 9.47 Å². The second-order valence-electron chi connectivity index (χ2n) is 6.62. The van der Waals surface area contributed by atoms with Gasteiger partial charge in [-0.2, -0.15) is 0 Å². The Morgan fingerprint density at radius 1 is 1.14 bits per heavy atom. The molecule has 0 aliphatic carbocycles. The van der Waals surface area contributed by atoms with Gasteiger partial charge in [0.25, 0.3) is 11.8 Å². The molecule has 1 aliphatic heterocycles. The Balaban J connectivity index is 1.87. The highest BCUT2D eigenvalue weighted by Crippen LogP contribution is 2.30. The number of nitrogens with one attached hydrogen (secondary N) is 2. The van der Waals surface area contributed by atoms with Gasteiger partial charge in [0.2, 0.25) is 0 Å². The van der Waals surface area contributed by atoms with E-state index in [-0.39, 0.29) is 17.6 Å². The van der Waals surface area contributed by atoms with Crippen LogP contribution >= 0.6 is 0 Å². The summed E-state index contributed by atoms with van der Waals surface area (Å²) in [6.45, 7) is 3.25. The van der Waals surface area contributed by atoms with Gasteiger partial charge in [0.05, 0.1) is 19.9 Å². The minimum Gasteiger partial charge on any atom is -0.493 e. The highest BCUT2D eigenvalue weighted by molar-refractivity contribution is 6.03. The zero-order valence-electron chi connectivity index (χ0n) is 16.5. The standard InChI is InChI=1S/C20H26N4O4/c1-4-10-21-19(25)17-14-7-5-6-11-24(14)18(23-17)20(26)22-13-8-9-15(27-2)16(12-13)28-3/h8-9,12H,4-7,10-11H2,1-3H3,(H,21,25)(H,22,26). The van der Waals surface area contributed by atoms with Crippen molar-refractivity contribution < 1.29 is 19.1 Å². The first-order chi connectivity index (χ1) is 13.6. The van der Waals surface area contributed by atoms with Crippen molar-refractivity contribution in [3.63, 3.8) is 0 Å². The molecular formula is C20H26N4O4. The smallest absolute Gasteiger partial charge is 0.291 e. The first-order valence-electron chi connectivity index (χ1n) is 9.50. The summed E-state index contributed by atoms with van der Waals surface area (Å²) in [7, 11) is 3.09. The number of imidazole rings is 1. The third-order valence-corrected chi connectivity index (χ3v) is 4.71. The van der Waals surface area contributed by atoms with E-state index in [0.717, 1.165) is 31.4 Å². The minimum absolute atomic E-state index is 0.224. The fraction of sp³-hybridized carbons (Fsp3) is 0.450. The molecule has 0 saturated heterocycles. The summed E-state index contributed by atoms with van der Waals surface area (Å²) in [5.41, 5.74) is 1.75. The predicted molar refractivity (Wildman–Crippen MR) is 105 cm³/mol. The van der Waals surface area contributed by atoms with Gasteiger partial charge in [-0.05, 0) is 37.8 Å². The summed E-state index contributed by atoms with van der Waals surface area (Å²) >= 11 is 0. The highest BCUT2D eigenvalue weighted by atomic mass is 16.5. The first kappa shape index (κ1) is 19.7. The number of methoxy groups -OCH3 is 2. The number of benzene rings is 1. The Labute approximate surface area is 164 Å². The van der Waals surface area contributed by atoms with Crippen molar-refractivity contribution in [1.82, 2.24) is 14.9 Å². The van der Waals surface area contributed by atoms with Gasteiger partial charge in [0.15, 0.2) is 17.3 Å². The molecule has 0 spiro atoms. The van der Waals surface area contributed by atoms with Gasteiger partial charge < -0.3 is 24.7 Å². The molecule has 0 bridgehead atoms. The third kappa shape index (κ3) is 3.95. The average Bonchev–Trinajstić information content (AvgIpc) is 3.12. The zero-order chi connectivity index (χ0) is 20.1. The fourth-order valence-corrected chi connectivity index (χ4v) is 3.32. The SMILES string of the molecule is CCCNC(=O)c1nc(C(=O)Nc2ccc(OC)c(OC)c2)n2c1CCCC2. The minimum atomic E-state index is -0.357. The van der Waals surface area contributed by atoms with Crippen LogP contribution in [0.2, 0.25) is 0 Å². The number of hydrogen-bond acceptors (Lipinski definition) is 5. The maximum atomic E-state index is 12.9. The largest absolute Gasteiger partial charge is 0.493 e. The summed E-state index contributed by atoms with van der Waals surface area (Å²) in [6.07, 6.45) is 3.52. The Hall–Kier alpha value is -3.03. The number of carbonyl (C=O) groups is 2. The topological polar surface area (TPSA) is 94.5 Å². The van der Waals surface area contributed by atoms with Gasteiger partial charge >= 0.3 is 0 Å². The number of amides is 2. The molecule has 2 heterocycles. The van der Waals surface area contributed by atoms with Crippen LogP contribution in [0.25, 0.3) is 0 Å². The zero-order valence-corrected chi connectivity index (χ0v) is 16.5. The van der Waals surface area contributed by atoms with Crippen molar-refractivity contribution >= 4 is 17.5 Å². The Morgan fingerprint density at radius 2 is 1.93 bits per heavy atom. The second kappa shape index (κ2) is 8.77. The van der Waals surface area contributed by atoms with Crippen molar-refractivity contribution in [2.45, 2.75) is 39.2 Å². The summed E-state index contributed by atoms with van der Waals surface area (Å²) in [4.78, 5) is 29.8. The Kier molecular flexibility index (Phi) is 6.18. The van der Waals surface area contributed by atoms with E-state index in [9.17, 15) is 9.59 Å². The number of ether oxygens (including phenoxy) is 2. The maximum Gasteiger partial charge on any atom is 0.291 e. The van der Waals surface area contributed by atoms with Crippen LogP contribution in [0, 0.1) is 0 Å². The number of fused-ring (bicyclic) bond motifs is 1. The molecule has 0 saturated carbocycles. The van der Waals surface area contributed by atoms with Crippen LogP contribution in [0.1, 0.15) is 53.0 Å². The Bertz CT molecular complexity index is 875.